The molecule has 106 valence electrons. The molecule has 0 saturated carbocycles. The highest BCUT2D eigenvalue weighted by molar-refractivity contribution is 5.71. The van der Waals surface area contributed by atoms with Crippen LogP contribution in [0.25, 0.3) is 11.1 Å². The van der Waals surface area contributed by atoms with Gasteiger partial charge in [-0.25, -0.2) is 0 Å². The summed E-state index contributed by atoms with van der Waals surface area (Å²) in [6, 6.07) is 13.9. The average Bonchev–Trinajstić information content (AvgIpc) is 2.35. The molecule has 0 bridgehead atoms. The van der Waals surface area contributed by atoms with Gasteiger partial charge >= 0.3 is 0 Å². The molecule has 2 aromatic carbocycles. The summed E-state index contributed by atoms with van der Waals surface area (Å²) in [5.74, 6) is 0. The zero-order valence-corrected chi connectivity index (χ0v) is 13.2. The second-order valence-electron chi connectivity index (χ2n) is 6.01. The fourth-order valence-corrected chi connectivity index (χ4v) is 2.79. The summed E-state index contributed by atoms with van der Waals surface area (Å²) in [7, 11) is 0. The molecule has 0 spiro atoms. The van der Waals surface area contributed by atoms with Crippen molar-refractivity contribution in [3.05, 3.63) is 58.7 Å². The van der Waals surface area contributed by atoms with E-state index in [9.17, 15) is 0 Å². The summed E-state index contributed by atoms with van der Waals surface area (Å²) in [6.45, 7) is 11.8. The lowest BCUT2D eigenvalue weighted by Crippen LogP contribution is -2.21. The smallest absolute Gasteiger partial charge is 0.0208 e. The minimum Gasteiger partial charge on any atom is -0.310 e. The summed E-state index contributed by atoms with van der Waals surface area (Å²) in [5.41, 5.74) is 8.09. The maximum atomic E-state index is 3.48. The third kappa shape index (κ3) is 3.49. The quantitative estimate of drug-likeness (QED) is 0.841. The van der Waals surface area contributed by atoms with Gasteiger partial charge in [-0.15, -0.1) is 0 Å². The van der Waals surface area contributed by atoms with E-state index in [0.717, 1.165) is 6.54 Å². The lowest BCUT2D eigenvalue weighted by atomic mass is 9.93. The summed E-state index contributed by atoms with van der Waals surface area (Å²) in [5, 5.41) is 3.48. The minimum absolute atomic E-state index is 0.515. The van der Waals surface area contributed by atoms with Crippen LogP contribution in [-0.4, -0.2) is 6.04 Å². The van der Waals surface area contributed by atoms with Crippen molar-refractivity contribution in [1.82, 2.24) is 5.32 Å². The molecule has 0 radical (unpaired) electrons. The van der Waals surface area contributed by atoms with E-state index in [2.05, 4.69) is 76.3 Å². The van der Waals surface area contributed by atoms with E-state index in [1.807, 2.05) is 0 Å². The van der Waals surface area contributed by atoms with Crippen molar-refractivity contribution in [1.29, 1.82) is 0 Å². The monoisotopic (exact) mass is 267 g/mol. The molecule has 0 aliphatic carbocycles. The Morgan fingerprint density at radius 3 is 2.20 bits per heavy atom. The largest absolute Gasteiger partial charge is 0.310 e. The molecule has 1 heteroatoms. The van der Waals surface area contributed by atoms with Crippen LogP contribution in [0.15, 0.2) is 36.4 Å². The summed E-state index contributed by atoms with van der Waals surface area (Å²) in [4.78, 5) is 0. The summed E-state index contributed by atoms with van der Waals surface area (Å²) in [6.07, 6.45) is 0. The van der Waals surface area contributed by atoms with Crippen molar-refractivity contribution in [2.45, 2.75) is 47.2 Å². The molecule has 0 unspecified atom stereocenters. The Balaban J connectivity index is 2.36. The molecular weight excluding hydrogens is 242 g/mol. The second-order valence-corrected chi connectivity index (χ2v) is 6.01. The maximum Gasteiger partial charge on any atom is 0.0208 e. The zero-order chi connectivity index (χ0) is 14.7. The van der Waals surface area contributed by atoms with Gasteiger partial charge in [0, 0.05) is 12.6 Å². The van der Waals surface area contributed by atoms with Crippen LogP contribution >= 0.6 is 0 Å². The van der Waals surface area contributed by atoms with Crippen molar-refractivity contribution in [2.75, 3.05) is 0 Å². The minimum atomic E-state index is 0.515. The van der Waals surface area contributed by atoms with Gasteiger partial charge in [0.2, 0.25) is 0 Å². The lowest BCUT2D eigenvalue weighted by Gasteiger charge is -2.14. The Bertz CT molecular complexity index is 573. The lowest BCUT2D eigenvalue weighted by molar-refractivity contribution is 0.589. The first-order chi connectivity index (χ1) is 9.47. The number of rotatable bonds is 4. The van der Waals surface area contributed by atoms with Crippen molar-refractivity contribution < 1.29 is 0 Å². The molecule has 0 aliphatic rings. The predicted octanol–water partition coefficient (Wildman–Crippen LogP) is 4.78. The Kier molecular flexibility index (Phi) is 4.61. The van der Waals surface area contributed by atoms with Gasteiger partial charge in [-0.05, 0) is 54.7 Å². The second kappa shape index (κ2) is 6.23. The van der Waals surface area contributed by atoms with Crippen LogP contribution in [0.1, 0.15) is 36.1 Å². The number of hydrogen-bond donors (Lipinski definition) is 1. The summed E-state index contributed by atoms with van der Waals surface area (Å²) >= 11 is 0. The van der Waals surface area contributed by atoms with Gasteiger partial charge in [-0.1, -0.05) is 49.7 Å². The fourth-order valence-electron chi connectivity index (χ4n) is 2.79. The van der Waals surface area contributed by atoms with Crippen LogP contribution in [0.5, 0.6) is 0 Å². The van der Waals surface area contributed by atoms with E-state index in [4.69, 9.17) is 0 Å². The molecule has 0 saturated heterocycles. The molecule has 0 atom stereocenters. The van der Waals surface area contributed by atoms with Crippen LogP contribution < -0.4 is 5.32 Å². The van der Waals surface area contributed by atoms with Crippen molar-refractivity contribution >= 4 is 0 Å². The SMILES string of the molecule is Cc1cc(C)c(-c2cccc(CNC(C)C)c2)c(C)c1. The standard InChI is InChI=1S/C19H25N/c1-13(2)20-12-17-7-6-8-18(11-17)19-15(4)9-14(3)10-16(19)5/h6-11,13,20H,12H2,1-5H3. The highest BCUT2D eigenvalue weighted by Gasteiger charge is 2.07. The third-order valence-electron chi connectivity index (χ3n) is 3.61. The fraction of sp³-hybridized carbons (Fsp3) is 0.368. The van der Waals surface area contributed by atoms with Gasteiger partial charge in [0.25, 0.3) is 0 Å². The topological polar surface area (TPSA) is 12.0 Å². The average molecular weight is 267 g/mol. The Morgan fingerprint density at radius 2 is 1.60 bits per heavy atom. The molecule has 2 rings (SSSR count). The molecule has 0 fully saturated rings. The predicted molar refractivity (Wildman–Crippen MR) is 88.1 cm³/mol. The van der Waals surface area contributed by atoms with Gasteiger partial charge in [0.05, 0.1) is 0 Å². The molecule has 0 heterocycles. The molecule has 0 aromatic heterocycles. The zero-order valence-electron chi connectivity index (χ0n) is 13.2. The van der Waals surface area contributed by atoms with Gasteiger partial charge in [-0.2, -0.15) is 0 Å². The van der Waals surface area contributed by atoms with Crippen LogP contribution in [0.2, 0.25) is 0 Å². The first-order valence-corrected chi connectivity index (χ1v) is 7.38. The highest BCUT2D eigenvalue weighted by atomic mass is 14.9. The number of nitrogens with one attached hydrogen (secondary N) is 1. The normalized spacial score (nSPS) is 11.1. The third-order valence-corrected chi connectivity index (χ3v) is 3.61. The summed E-state index contributed by atoms with van der Waals surface area (Å²) < 4.78 is 0. The van der Waals surface area contributed by atoms with Crippen molar-refractivity contribution in [3.8, 4) is 11.1 Å². The van der Waals surface area contributed by atoms with E-state index in [1.54, 1.807) is 0 Å². The van der Waals surface area contributed by atoms with Gasteiger partial charge in [0.15, 0.2) is 0 Å². The Morgan fingerprint density at radius 1 is 0.950 bits per heavy atom. The molecule has 0 aliphatic heterocycles. The number of aryl methyl sites for hydroxylation is 3. The molecule has 1 nitrogen and oxygen atoms in total. The maximum absolute atomic E-state index is 3.48. The van der Waals surface area contributed by atoms with Crippen LogP contribution in [0, 0.1) is 20.8 Å². The van der Waals surface area contributed by atoms with E-state index in [0.29, 0.717) is 6.04 Å². The van der Waals surface area contributed by atoms with E-state index in [-0.39, 0.29) is 0 Å². The van der Waals surface area contributed by atoms with E-state index in [1.165, 1.54) is 33.4 Å². The van der Waals surface area contributed by atoms with Crippen LogP contribution in [0.3, 0.4) is 0 Å². The molecule has 20 heavy (non-hydrogen) atoms. The molecule has 2 aromatic rings. The van der Waals surface area contributed by atoms with Crippen LogP contribution in [-0.2, 0) is 6.54 Å². The molecule has 1 N–H and O–H groups in total. The van der Waals surface area contributed by atoms with E-state index < -0.39 is 0 Å². The number of hydrogen-bond acceptors (Lipinski definition) is 1. The van der Waals surface area contributed by atoms with Gasteiger partial charge < -0.3 is 5.32 Å². The van der Waals surface area contributed by atoms with Crippen molar-refractivity contribution in [2.24, 2.45) is 0 Å². The Hall–Kier alpha value is -1.60. The van der Waals surface area contributed by atoms with E-state index >= 15 is 0 Å². The van der Waals surface area contributed by atoms with Crippen LogP contribution in [0.4, 0.5) is 0 Å². The first-order valence-electron chi connectivity index (χ1n) is 7.38. The number of benzene rings is 2. The van der Waals surface area contributed by atoms with Gasteiger partial charge in [-0.3, -0.25) is 0 Å². The first kappa shape index (κ1) is 14.8. The Labute approximate surface area is 123 Å². The van der Waals surface area contributed by atoms with Gasteiger partial charge in [0.1, 0.15) is 0 Å². The van der Waals surface area contributed by atoms with Crippen molar-refractivity contribution in [3.63, 3.8) is 0 Å². The molecule has 0 amide bonds. The molecular formula is C19H25N. The highest BCUT2D eigenvalue weighted by Crippen LogP contribution is 2.28.